The van der Waals surface area contributed by atoms with Crippen LogP contribution < -0.4 is 11.1 Å². The Bertz CT molecular complexity index is 1120. The summed E-state index contributed by atoms with van der Waals surface area (Å²) in [4.78, 5) is 37.2. The van der Waals surface area contributed by atoms with Crippen LogP contribution in [0.3, 0.4) is 0 Å². The first-order valence-corrected chi connectivity index (χ1v) is 9.63. The van der Waals surface area contributed by atoms with E-state index in [1.165, 1.54) is 11.8 Å². The number of rotatable bonds is 5. The van der Waals surface area contributed by atoms with E-state index in [-0.39, 0.29) is 17.4 Å². The highest BCUT2D eigenvalue weighted by molar-refractivity contribution is 8.00. The molecule has 0 heterocycles. The van der Waals surface area contributed by atoms with Crippen LogP contribution in [0.4, 0.5) is 5.69 Å². The number of nitrogens with one attached hydrogen (secondary N) is 1. The van der Waals surface area contributed by atoms with Gasteiger partial charge in [-0.25, -0.2) is 0 Å². The Labute approximate surface area is 165 Å². The lowest BCUT2D eigenvalue weighted by molar-refractivity contribution is -0.115. The van der Waals surface area contributed by atoms with Gasteiger partial charge in [0.2, 0.25) is 5.91 Å². The molecule has 1 aliphatic rings. The van der Waals surface area contributed by atoms with Crippen molar-refractivity contribution in [3.05, 3.63) is 83.4 Å². The minimum Gasteiger partial charge on any atom is -0.369 e. The minimum atomic E-state index is -0.428. The second-order valence-electron chi connectivity index (χ2n) is 6.34. The molecule has 0 aliphatic heterocycles. The topological polar surface area (TPSA) is 89.3 Å². The Balaban J connectivity index is 1.60. The number of nitrogens with two attached hydrogens (primary N) is 1. The van der Waals surface area contributed by atoms with Crippen LogP contribution in [0, 0.1) is 0 Å². The van der Waals surface area contributed by atoms with Gasteiger partial charge in [0.15, 0.2) is 5.78 Å². The van der Waals surface area contributed by atoms with E-state index in [1.807, 2.05) is 36.4 Å². The third kappa shape index (κ3) is 3.30. The Morgan fingerprint density at radius 2 is 1.54 bits per heavy atom. The summed E-state index contributed by atoms with van der Waals surface area (Å²) in [5.41, 5.74) is 9.12. The van der Waals surface area contributed by atoms with Crippen molar-refractivity contribution in [2.75, 3.05) is 11.1 Å². The molecule has 0 bridgehead atoms. The number of hydrogen-bond donors (Lipinski definition) is 2. The molecular formula is C22H16N2O3S. The first-order chi connectivity index (χ1) is 13.5. The van der Waals surface area contributed by atoms with Crippen molar-refractivity contribution in [2.45, 2.75) is 4.90 Å². The van der Waals surface area contributed by atoms with Crippen molar-refractivity contribution in [1.29, 1.82) is 0 Å². The molecule has 0 spiro atoms. The van der Waals surface area contributed by atoms with E-state index in [2.05, 4.69) is 5.32 Å². The third-order valence-corrected chi connectivity index (χ3v) is 5.59. The molecule has 0 aromatic heterocycles. The quantitative estimate of drug-likeness (QED) is 0.510. The van der Waals surface area contributed by atoms with E-state index in [4.69, 9.17) is 5.73 Å². The van der Waals surface area contributed by atoms with Crippen LogP contribution in [-0.4, -0.2) is 23.4 Å². The van der Waals surface area contributed by atoms with Gasteiger partial charge in [-0.05, 0) is 35.4 Å². The molecule has 6 heteroatoms. The molecule has 0 radical (unpaired) electrons. The molecule has 4 rings (SSSR count). The van der Waals surface area contributed by atoms with Crippen LogP contribution in [0.5, 0.6) is 0 Å². The highest BCUT2D eigenvalue weighted by atomic mass is 32.2. The Kier molecular flexibility index (Phi) is 4.71. The molecular weight excluding hydrogens is 372 g/mol. The lowest BCUT2D eigenvalue weighted by Crippen LogP contribution is -2.15. The number of carbonyl (C=O) groups excluding carboxylic acids is 3. The van der Waals surface area contributed by atoms with Gasteiger partial charge >= 0.3 is 0 Å². The maximum atomic E-state index is 12.8. The molecule has 1 aliphatic carbocycles. The number of carbonyl (C=O) groups is 3. The normalized spacial score (nSPS) is 11.6. The van der Waals surface area contributed by atoms with Gasteiger partial charge in [-0.15, -0.1) is 11.8 Å². The highest BCUT2D eigenvalue weighted by Crippen LogP contribution is 2.37. The van der Waals surface area contributed by atoms with E-state index in [9.17, 15) is 14.4 Å². The van der Waals surface area contributed by atoms with E-state index in [1.54, 1.807) is 30.3 Å². The summed E-state index contributed by atoms with van der Waals surface area (Å²) in [6, 6.07) is 19.8. The zero-order valence-electron chi connectivity index (χ0n) is 14.8. The Hall–Kier alpha value is -3.38. The maximum absolute atomic E-state index is 12.8. The summed E-state index contributed by atoms with van der Waals surface area (Å²) in [5.74, 6) is -0.697. The number of para-hydroxylation sites is 1. The number of benzene rings is 3. The van der Waals surface area contributed by atoms with Crippen LogP contribution in [0.2, 0.25) is 0 Å². The molecule has 0 fully saturated rings. The third-order valence-electron chi connectivity index (χ3n) is 4.49. The van der Waals surface area contributed by atoms with Gasteiger partial charge in [-0.2, -0.15) is 0 Å². The molecule has 2 amide bonds. The fraction of sp³-hybridized carbons (Fsp3) is 0.0455. The van der Waals surface area contributed by atoms with Crippen molar-refractivity contribution >= 4 is 35.0 Å². The first-order valence-electron chi connectivity index (χ1n) is 8.64. The summed E-state index contributed by atoms with van der Waals surface area (Å²) in [6.45, 7) is 0. The largest absolute Gasteiger partial charge is 0.369 e. The van der Waals surface area contributed by atoms with E-state index < -0.39 is 5.91 Å². The smallest absolute Gasteiger partial charge is 0.255 e. The maximum Gasteiger partial charge on any atom is 0.255 e. The minimum absolute atomic E-state index is 0.0716. The molecule has 138 valence electrons. The number of thioether (sulfide) groups is 1. The number of fused-ring (bicyclic) bond motifs is 3. The lowest BCUT2D eigenvalue weighted by atomic mass is 10.0. The molecule has 3 aromatic carbocycles. The number of amides is 2. The summed E-state index contributed by atoms with van der Waals surface area (Å²) in [5, 5.41) is 2.85. The fourth-order valence-electron chi connectivity index (χ4n) is 3.21. The number of hydrogen-bond acceptors (Lipinski definition) is 4. The average Bonchev–Trinajstić information content (AvgIpc) is 2.99. The second kappa shape index (κ2) is 7.32. The van der Waals surface area contributed by atoms with Crippen LogP contribution in [-0.2, 0) is 4.79 Å². The van der Waals surface area contributed by atoms with Crippen molar-refractivity contribution in [3.63, 3.8) is 0 Å². The molecule has 0 unspecified atom stereocenters. The molecule has 3 N–H and O–H groups in total. The van der Waals surface area contributed by atoms with E-state index in [0.717, 1.165) is 16.0 Å². The summed E-state index contributed by atoms with van der Waals surface area (Å²) < 4.78 is 0. The number of anilines is 1. The average molecular weight is 388 g/mol. The van der Waals surface area contributed by atoms with Crippen LogP contribution >= 0.6 is 11.8 Å². The van der Waals surface area contributed by atoms with E-state index >= 15 is 0 Å². The van der Waals surface area contributed by atoms with Crippen LogP contribution in [0.25, 0.3) is 11.1 Å². The van der Waals surface area contributed by atoms with Gasteiger partial charge in [0.05, 0.1) is 11.4 Å². The highest BCUT2D eigenvalue weighted by Gasteiger charge is 2.27. The summed E-state index contributed by atoms with van der Waals surface area (Å²) >= 11 is 1.26. The Morgan fingerprint density at radius 3 is 2.32 bits per heavy atom. The number of primary amides is 1. The number of ketones is 1. The standard InChI is InChI=1S/C22H16N2O3S/c23-20(25)12-28-19-8-4-3-7-18(19)24-22(27)13-9-10-15-14-5-1-2-6-16(14)21(26)17(15)11-13/h1-11H,12H2,(H2,23,25)(H,24,27). The molecule has 0 atom stereocenters. The summed E-state index contributed by atoms with van der Waals surface area (Å²) in [6.07, 6.45) is 0. The molecule has 0 saturated carbocycles. The van der Waals surface area contributed by atoms with Gasteiger partial charge in [-0.1, -0.05) is 42.5 Å². The predicted octanol–water partition coefficient (Wildman–Crippen LogP) is 3.73. The molecule has 0 saturated heterocycles. The Morgan fingerprint density at radius 1 is 0.857 bits per heavy atom. The second-order valence-corrected chi connectivity index (χ2v) is 7.36. The van der Waals surface area contributed by atoms with Crippen molar-refractivity contribution in [3.8, 4) is 11.1 Å². The van der Waals surface area contributed by atoms with Crippen LogP contribution in [0.1, 0.15) is 26.3 Å². The molecule has 3 aromatic rings. The van der Waals surface area contributed by atoms with Crippen molar-refractivity contribution in [1.82, 2.24) is 0 Å². The fourth-order valence-corrected chi connectivity index (χ4v) is 3.96. The van der Waals surface area contributed by atoms with Crippen molar-refractivity contribution < 1.29 is 14.4 Å². The lowest BCUT2D eigenvalue weighted by Gasteiger charge is -2.11. The SMILES string of the molecule is NC(=O)CSc1ccccc1NC(=O)c1ccc2c(c1)C(=O)c1ccccc1-2. The zero-order valence-corrected chi connectivity index (χ0v) is 15.6. The van der Waals surface area contributed by atoms with Gasteiger partial charge in [0, 0.05) is 21.6 Å². The van der Waals surface area contributed by atoms with Crippen molar-refractivity contribution in [2.24, 2.45) is 5.73 Å². The molecule has 5 nitrogen and oxygen atoms in total. The van der Waals surface area contributed by atoms with Gasteiger partial charge < -0.3 is 11.1 Å². The zero-order chi connectivity index (χ0) is 19.7. The monoisotopic (exact) mass is 388 g/mol. The van der Waals surface area contributed by atoms with Crippen LogP contribution in [0.15, 0.2) is 71.6 Å². The van der Waals surface area contributed by atoms with E-state index in [0.29, 0.717) is 22.4 Å². The predicted molar refractivity (Wildman–Crippen MR) is 110 cm³/mol. The van der Waals surface area contributed by atoms with Gasteiger partial charge in [0.25, 0.3) is 5.91 Å². The molecule has 28 heavy (non-hydrogen) atoms. The van der Waals surface area contributed by atoms with Gasteiger partial charge in [-0.3, -0.25) is 14.4 Å². The summed E-state index contributed by atoms with van der Waals surface area (Å²) in [7, 11) is 0. The van der Waals surface area contributed by atoms with Gasteiger partial charge in [0.1, 0.15) is 0 Å². The first kappa shape index (κ1) is 18.0.